The van der Waals surface area contributed by atoms with Crippen LogP contribution in [0.4, 0.5) is 24.7 Å². The fourth-order valence-electron chi connectivity index (χ4n) is 3.61. The van der Waals surface area contributed by atoms with Crippen molar-refractivity contribution in [1.29, 1.82) is 0 Å². The summed E-state index contributed by atoms with van der Waals surface area (Å²) in [5, 5.41) is 7.27. The number of anilines is 2. The van der Waals surface area contributed by atoms with E-state index in [1.165, 1.54) is 48.1 Å². The van der Waals surface area contributed by atoms with Gasteiger partial charge in [0.05, 0.1) is 24.8 Å². The van der Waals surface area contributed by atoms with E-state index >= 15 is 0 Å². The van der Waals surface area contributed by atoms with Gasteiger partial charge in [-0.1, -0.05) is 0 Å². The number of aromatic nitrogens is 4. The van der Waals surface area contributed by atoms with E-state index in [1.807, 2.05) is 0 Å². The summed E-state index contributed by atoms with van der Waals surface area (Å²) in [4.78, 5) is 43.1. The first-order chi connectivity index (χ1) is 16.0. The van der Waals surface area contributed by atoms with E-state index in [1.54, 1.807) is 0 Å². The number of nitrogens with zero attached hydrogens (tertiary/aromatic N) is 5. The minimum atomic E-state index is -4.86. The van der Waals surface area contributed by atoms with Crippen molar-refractivity contribution in [3.8, 4) is 11.4 Å². The van der Waals surface area contributed by atoms with Crippen LogP contribution >= 0.6 is 0 Å². The Morgan fingerprint density at radius 3 is 2.47 bits per heavy atom. The fourth-order valence-corrected chi connectivity index (χ4v) is 3.61. The summed E-state index contributed by atoms with van der Waals surface area (Å²) in [7, 11) is 1.53. The van der Waals surface area contributed by atoms with Gasteiger partial charge in [0, 0.05) is 31.6 Å². The van der Waals surface area contributed by atoms with Gasteiger partial charge >= 0.3 is 6.36 Å². The van der Waals surface area contributed by atoms with E-state index in [0.29, 0.717) is 18.5 Å². The third-order valence-electron chi connectivity index (χ3n) is 5.29. The summed E-state index contributed by atoms with van der Waals surface area (Å²) in [6.45, 7) is 1.78. The summed E-state index contributed by atoms with van der Waals surface area (Å²) >= 11 is 0. The zero-order chi connectivity index (χ0) is 24.6. The van der Waals surface area contributed by atoms with Gasteiger partial charge in [0.25, 0.3) is 11.1 Å². The average Bonchev–Trinajstić information content (AvgIpc) is 2.78. The van der Waals surface area contributed by atoms with Crippen molar-refractivity contribution in [2.24, 2.45) is 7.05 Å². The van der Waals surface area contributed by atoms with Gasteiger partial charge in [-0.15, -0.1) is 18.3 Å². The van der Waals surface area contributed by atoms with Crippen molar-refractivity contribution in [2.45, 2.75) is 26.3 Å². The second-order valence-electron chi connectivity index (χ2n) is 7.60. The van der Waals surface area contributed by atoms with Crippen molar-refractivity contribution < 1.29 is 22.7 Å². The first kappa shape index (κ1) is 23.0. The molecule has 1 aromatic carbocycles. The number of amides is 1. The van der Waals surface area contributed by atoms with Crippen LogP contribution in [0.25, 0.3) is 5.69 Å². The molecule has 1 aliphatic rings. The highest BCUT2D eigenvalue weighted by atomic mass is 19.4. The van der Waals surface area contributed by atoms with Crippen molar-refractivity contribution in [3.63, 3.8) is 0 Å². The second-order valence-corrected chi connectivity index (χ2v) is 7.60. The standard InChI is InChI=1S/C21H19F3N6O4/c1-12(31)29-8-7-15-16(10-29)19(32)30(13-3-5-14(6-4-13)34-21(22,23)24)27-18(15)26-17-9-25-11-28(2)20(17)33/h3-6,9,11H,7-8,10H2,1-2H3,(H,26,27). The third-order valence-corrected chi connectivity index (χ3v) is 5.29. The molecule has 0 radical (unpaired) electrons. The molecule has 34 heavy (non-hydrogen) atoms. The molecule has 1 aliphatic heterocycles. The molecule has 0 unspecified atom stereocenters. The number of fused-ring (bicyclic) bond motifs is 1. The Hall–Kier alpha value is -4.16. The van der Waals surface area contributed by atoms with E-state index in [9.17, 15) is 27.6 Å². The number of nitrogens with one attached hydrogen (secondary N) is 1. The number of hydrogen-bond donors (Lipinski definition) is 1. The molecule has 2 aromatic heterocycles. The van der Waals surface area contributed by atoms with Crippen LogP contribution in [-0.2, 0) is 24.8 Å². The first-order valence-electron chi connectivity index (χ1n) is 10.1. The van der Waals surface area contributed by atoms with Crippen LogP contribution in [0.3, 0.4) is 0 Å². The molecule has 3 heterocycles. The molecule has 1 amide bonds. The van der Waals surface area contributed by atoms with Gasteiger partial charge in [0.2, 0.25) is 5.91 Å². The number of aryl methyl sites for hydroxylation is 1. The van der Waals surface area contributed by atoms with Gasteiger partial charge in [-0.3, -0.25) is 14.4 Å². The lowest BCUT2D eigenvalue weighted by atomic mass is 10.0. The molecule has 0 fully saturated rings. The van der Waals surface area contributed by atoms with Gasteiger partial charge in [-0.25, -0.2) is 4.98 Å². The molecular weight excluding hydrogens is 457 g/mol. The maximum absolute atomic E-state index is 13.3. The smallest absolute Gasteiger partial charge is 0.406 e. The lowest BCUT2D eigenvalue weighted by Gasteiger charge is -2.29. The summed E-state index contributed by atoms with van der Waals surface area (Å²) in [6.07, 6.45) is -1.88. The number of hydrogen-bond acceptors (Lipinski definition) is 7. The minimum absolute atomic E-state index is 0.0288. The van der Waals surface area contributed by atoms with E-state index in [4.69, 9.17) is 0 Å². The van der Waals surface area contributed by atoms with Crippen molar-refractivity contribution in [1.82, 2.24) is 24.2 Å². The average molecular weight is 476 g/mol. The number of carbonyl (C=O) groups is 1. The Morgan fingerprint density at radius 1 is 1.12 bits per heavy atom. The quantitative estimate of drug-likeness (QED) is 0.612. The highest BCUT2D eigenvalue weighted by Gasteiger charge is 2.31. The summed E-state index contributed by atoms with van der Waals surface area (Å²) in [5.41, 5.74) is 0.211. The molecule has 10 nitrogen and oxygen atoms in total. The SMILES string of the molecule is CC(=O)N1CCc2c(Nc3cncn(C)c3=O)nn(-c3ccc(OC(F)(F)F)cc3)c(=O)c2C1. The predicted molar refractivity (Wildman–Crippen MR) is 114 cm³/mol. The first-order valence-corrected chi connectivity index (χ1v) is 10.1. The van der Waals surface area contributed by atoms with E-state index in [-0.39, 0.29) is 40.8 Å². The monoisotopic (exact) mass is 476 g/mol. The zero-order valence-corrected chi connectivity index (χ0v) is 18.1. The highest BCUT2D eigenvalue weighted by Crippen LogP contribution is 2.26. The Balaban J connectivity index is 1.82. The molecule has 0 saturated heterocycles. The number of carbonyl (C=O) groups excluding carboxylic acids is 1. The maximum atomic E-state index is 13.3. The zero-order valence-electron chi connectivity index (χ0n) is 18.1. The molecule has 1 N–H and O–H groups in total. The molecule has 0 spiro atoms. The summed E-state index contributed by atoms with van der Waals surface area (Å²) in [6, 6.07) is 4.62. The Morgan fingerprint density at radius 2 is 1.82 bits per heavy atom. The van der Waals surface area contributed by atoms with E-state index < -0.39 is 17.7 Å². The minimum Gasteiger partial charge on any atom is -0.406 e. The van der Waals surface area contributed by atoms with Gasteiger partial charge in [0.15, 0.2) is 5.82 Å². The van der Waals surface area contributed by atoms with Crippen LogP contribution in [0.15, 0.2) is 46.4 Å². The Bertz CT molecular complexity index is 1360. The molecule has 4 rings (SSSR count). The van der Waals surface area contributed by atoms with Gasteiger partial charge in [-0.2, -0.15) is 4.68 Å². The lowest BCUT2D eigenvalue weighted by Crippen LogP contribution is -2.40. The van der Waals surface area contributed by atoms with Gasteiger partial charge in [0.1, 0.15) is 11.4 Å². The summed E-state index contributed by atoms with van der Waals surface area (Å²) < 4.78 is 43.6. The van der Waals surface area contributed by atoms with Crippen LogP contribution in [0.2, 0.25) is 0 Å². The van der Waals surface area contributed by atoms with Crippen LogP contribution < -0.4 is 21.2 Å². The molecule has 0 bridgehead atoms. The molecular formula is C21H19F3N6O4. The number of alkyl halides is 3. The van der Waals surface area contributed by atoms with Crippen LogP contribution in [0.1, 0.15) is 18.1 Å². The second kappa shape index (κ2) is 8.65. The Labute approximate surface area is 190 Å². The molecule has 0 atom stereocenters. The molecule has 0 aliphatic carbocycles. The van der Waals surface area contributed by atoms with Crippen LogP contribution in [-0.4, -0.2) is 43.0 Å². The number of ether oxygens (including phenoxy) is 1. The molecule has 178 valence electrons. The van der Waals surface area contributed by atoms with Gasteiger partial charge < -0.3 is 19.5 Å². The third kappa shape index (κ3) is 4.63. The fraction of sp³-hybridized carbons (Fsp3) is 0.286. The number of rotatable bonds is 4. The van der Waals surface area contributed by atoms with E-state index in [2.05, 4.69) is 20.1 Å². The molecule has 3 aromatic rings. The largest absolute Gasteiger partial charge is 0.573 e. The highest BCUT2D eigenvalue weighted by molar-refractivity contribution is 5.74. The van der Waals surface area contributed by atoms with E-state index in [0.717, 1.165) is 16.8 Å². The topological polar surface area (TPSA) is 111 Å². The summed E-state index contributed by atoms with van der Waals surface area (Å²) in [5.74, 6) is -0.460. The Kier molecular flexibility index (Phi) is 5.85. The number of halogens is 3. The maximum Gasteiger partial charge on any atom is 0.573 e. The van der Waals surface area contributed by atoms with Crippen molar-refractivity contribution in [2.75, 3.05) is 11.9 Å². The van der Waals surface area contributed by atoms with Gasteiger partial charge in [-0.05, 0) is 30.7 Å². The van der Waals surface area contributed by atoms with Crippen LogP contribution in [0.5, 0.6) is 5.75 Å². The normalized spacial score (nSPS) is 13.4. The van der Waals surface area contributed by atoms with Crippen molar-refractivity contribution in [3.05, 3.63) is 68.6 Å². The lowest BCUT2D eigenvalue weighted by molar-refractivity contribution is -0.274. The molecule has 0 saturated carbocycles. The number of benzene rings is 1. The van der Waals surface area contributed by atoms with Crippen LogP contribution in [0, 0.1) is 0 Å². The predicted octanol–water partition coefficient (Wildman–Crippen LogP) is 1.87. The van der Waals surface area contributed by atoms with Crippen molar-refractivity contribution >= 4 is 17.4 Å². The molecule has 13 heteroatoms.